The van der Waals surface area contributed by atoms with Gasteiger partial charge in [0.25, 0.3) is 0 Å². The van der Waals surface area contributed by atoms with Crippen LogP contribution < -0.4 is 0 Å². The maximum Gasteiger partial charge on any atom is 0.151 e. The Morgan fingerprint density at radius 1 is 0.600 bits per heavy atom. The lowest BCUT2D eigenvalue weighted by molar-refractivity contribution is 0.112. The van der Waals surface area contributed by atoms with E-state index in [1.807, 2.05) is 6.07 Å². The van der Waals surface area contributed by atoms with Crippen molar-refractivity contribution in [3.63, 3.8) is 0 Å². The molecule has 0 spiro atoms. The fraction of sp³-hybridized carbons (Fsp3) is 0.0417. The summed E-state index contributed by atoms with van der Waals surface area (Å²) >= 11 is 0. The minimum atomic E-state index is 0.807. The summed E-state index contributed by atoms with van der Waals surface area (Å²) in [5.41, 5.74) is 2.12. The number of rotatable bonds is 1. The van der Waals surface area contributed by atoms with Crippen molar-refractivity contribution >= 4 is 60.1 Å². The normalized spacial score (nSPS) is 12.4. The molecule has 0 aliphatic heterocycles. The number of aryl methyl sites for hydroxylation is 1. The highest BCUT2D eigenvalue weighted by Crippen LogP contribution is 2.46. The SMILES string of the molecule is Cc1c2cccc3ccc4c(C=O)c5cccc6ccc1c(c65)c4c32. The van der Waals surface area contributed by atoms with E-state index in [-0.39, 0.29) is 0 Å². The van der Waals surface area contributed by atoms with Gasteiger partial charge in [-0.2, -0.15) is 0 Å². The minimum absolute atomic E-state index is 0.807. The third-order valence-corrected chi connectivity index (χ3v) is 5.85. The van der Waals surface area contributed by atoms with Crippen LogP contribution in [-0.2, 0) is 0 Å². The Kier molecular flexibility index (Phi) is 2.24. The van der Waals surface area contributed by atoms with E-state index in [0.717, 1.165) is 22.6 Å². The first-order valence-corrected chi connectivity index (χ1v) is 8.58. The third-order valence-electron chi connectivity index (χ3n) is 5.85. The second-order valence-electron chi connectivity index (χ2n) is 6.94. The number of hydrogen-bond donors (Lipinski definition) is 0. The Hall–Kier alpha value is -3.19. The van der Waals surface area contributed by atoms with Crippen molar-refractivity contribution in [3.05, 3.63) is 71.8 Å². The molecule has 0 saturated heterocycles. The van der Waals surface area contributed by atoms with E-state index in [2.05, 4.69) is 61.5 Å². The molecule has 0 atom stereocenters. The molecule has 25 heavy (non-hydrogen) atoms. The maximum atomic E-state index is 12.0. The van der Waals surface area contributed by atoms with Gasteiger partial charge in [-0.3, -0.25) is 4.79 Å². The molecule has 0 aromatic heterocycles. The van der Waals surface area contributed by atoms with Crippen molar-refractivity contribution in [2.75, 3.05) is 0 Å². The highest BCUT2D eigenvalue weighted by Gasteiger charge is 2.20. The van der Waals surface area contributed by atoms with Crippen LogP contribution in [0.1, 0.15) is 15.9 Å². The molecule has 116 valence electrons. The van der Waals surface area contributed by atoms with Crippen molar-refractivity contribution in [2.45, 2.75) is 6.92 Å². The van der Waals surface area contributed by atoms with E-state index < -0.39 is 0 Å². The molecule has 0 amide bonds. The predicted octanol–water partition coefficient (Wildman–Crippen LogP) is 6.45. The van der Waals surface area contributed by atoms with Crippen LogP contribution in [0.15, 0.2) is 60.7 Å². The number of hydrogen-bond acceptors (Lipinski definition) is 1. The molecule has 0 saturated carbocycles. The average Bonchev–Trinajstić information content (AvgIpc) is 2.66. The number of carbonyl (C=O) groups is 1. The van der Waals surface area contributed by atoms with Gasteiger partial charge in [-0.25, -0.2) is 0 Å². The summed E-state index contributed by atoms with van der Waals surface area (Å²) < 4.78 is 0. The maximum absolute atomic E-state index is 12.0. The number of benzene rings is 6. The smallest absolute Gasteiger partial charge is 0.151 e. The van der Waals surface area contributed by atoms with Gasteiger partial charge in [0, 0.05) is 5.56 Å². The molecule has 0 fully saturated rings. The average molecular weight is 318 g/mol. The Morgan fingerprint density at radius 2 is 1.12 bits per heavy atom. The van der Waals surface area contributed by atoms with Gasteiger partial charge in [0.15, 0.2) is 6.29 Å². The zero-order valence-electron chi connectivity index (χ0n) is 13.8. The van der Waals surface area contributed by atoms with Crippen LogP contribution >= 0.6 is 0 Å². The Morgan fingerprint density at radius 3 is 1.84 bits per heavy atom. The zero-order chi connectivity index (χ0) is 16.7. The van der Waals surface area contributed by atoms with E-state index >= 15 is 0 Å². The Labute approximate surface area is 144 Å². The fourth-order valence-corrected chi connectivity index (χ4v) is 4.77. The molecule has 6 rings (SSSR count). The third kappa shape index (κ3) is 1.39. The van der Waals surface area contributed by atoms with E-state index in [1.54, 1.807) is 0 Å². The summed E-state index contributed by atoms with van der Waals surface area (Å²) in [5.74, 6) is 0. The summed E-state index contributed by atoms with van der Waals surface area (Å²) in [6.07, 6.45) is 1.02. The van der Waals surface area contributed by atoms with Crippen molar-refractivity contribution in [3.8, 4) is 0 Å². The molecule has 0 heterocycles. The lowest BCUT2D eigenvalue weighted by Crippen LogP contribution is -1.95. The second-order valence-corrected chi connectivity index (χ2v) is 6.94. The standard InChI is InChI=1S/C24H14O/c1-13-16-6-2-4-14-9-11-19-20(12-25)18-7-3-5-15-8-10-17(13)23(22(15)18)24(19)21(14)16/h2-12H,1H3. The van der Waals surface area contributed by atoms with Crippen molar-refractivity contribution in [1.82, 2.24) is 0 Å². The predicted molar refractivity (Wildman–Crippen MR) is 106 cm³/mol. The highest BCUT2D eigenvalue weighted by atomic mass is 16.1. The Balaban J connectivity index is 2.18. The van der Waals surface area contributed by atoms with Gasteiger partial charge in [0.1, 0.15) is 0 Å². The van der Waals surface area contributed by atoms with Crippen molar-refractivity contribution in [1.29, 1.82) is 0 Å². The molecule has 6 aromatic carbocycles. The summed E-state index contributed by atoms with van der Waals surface area (Å²) in [6.45, 7) is 2.21. The molecule has 0 aliphatic rings. The molecular weight excluding hydrogens is 304 g/mol. The van der Waals surface area contributed by atoms with Crippen LogP contribution in [0.25, 0.3) is 53.9 Å². The first-order chi connectivity index (χ1) is 12.3. The van der Waals surface area contributed by atoms with Crippen molar-refractivity contribution < 1.29 is 4.79 Å². The summed E-state index contributed by atoms with van der Waals surface area (Å²) in [6, 6.07) is 21.4. The van der Waals surface area contributed by atoms with E-state index in [1.165, 1.54) is 48.7 Å². The summed E-state index contributed by atoms with van der Waals surface area (Å²) in [4.78, 5) is 12.0. The molecular formula is C24H14O. The van der Waals surface area contributed by atoms with E-state index in [9.17, 15) is 4.79 Å². The molecule has 0 N–H and O–H groups in total. The summed E-state index contributed by atoms with van der Waals surface area (Å²) in [7, 11) is 0. The van der Waals surface area contributed by atoms with E-state index in [4.69, 9.17) is 0 Å². The molecule has 0 aliphatic carbocycles. The van der Waals surface area contributed by atoms with Gasteiger partial charge < -0.3 is 0 Å². The molecule has 6 aromatic rings. The van der Waals surface area contributed by atoms with Crippen LogP contribution in [0, 0.1) is 6.92 Å². The quantitative estimate of drug-likeness (QED) is 0.193. The monoisotopic (exact) mass is 318 g/mol. The van der Waals surface area contributed by atoms with Gasteiger partial charge in [-0.05, 0) is 66.3 Å². The number of aldehydes is 1. The minimum Gasteiger partial charge on any atom is -0.298 e. The van der Waals surface area contributed by atoms with Crippen LogP contribution in [0.5, 0.6) is 0 Å². The molecule has 1 heteroatoms. The van der Waals surface area contributed by atoms with Gasteiger partial charge in [0.2, 0.25) is 0 Å². The second kappa shape index (κ2) is 4.25. The van der Waals surface area contributed by atoms with Crippen LogP contribution in [0.2, 0.25) is 0 Å². The Bertz CT molecular complexity index is 1460. The van der Waals surface area contributed by atoms with Gasteiger partial charge >= 0.3 is 0 Å². The highest BCUT2D eigenvalue weighted by molar-refractivity contribution is 6.39. The first kappa shape index (κ1) is 13.1. The lowest BCUT2D eigenvalue weighted by Gasteiger charge is -2.20. The van der Waals surface area contributed by atoms with Gasteiger partial charge in [-0.15, -0.1) is 0 Å². The van der Waals surface area contributed by atoms with Crippen molar-refractivity contribution in [2.24, 2.45) is 0 Å². The topological polar surface area (TPSA) is 17.1 Å². The first-order valence-electron chi connectivity index (χ1n) is 8.58. The van der Waals surface area contributed by atoms with Crippen LogP contribution in [-0.4, -0.2) is 6.29 Å². The largest absolute Gasteiger partial charge is 0.298 e. The van der Waals surface area contributed by atoms with Crippen LogP contribution in [0.3, 0.4) is 0 Å². The number of carbonyl (C=O) groups excluding carboxylic acids is 1. The molecule has 1 nitrogen and oxygen atoms in total. The van der Waals surface area contributed by atoms with E-state index in [0.29, 0.717) is 0 Å². The molecule has 0 radical (unpaired) electrons. The van der Waals surface area contributed by atoms with Gasteiger partial charge in [0.05, 0.1) is 0 Å². The summed E-state index contributed by atoms with van der Waals surface area (Å²) in [5, 5.41) is 12.2. The molecule has 0 bridgehead atoms. The zero-order valence-corrected chi connectivity index (χ0v) is 13.8. The van der Waals surface area contributed by atoms with Crippen LogP contribution in [0.4, 0.5) is 0 Å². The van der Waals surface area contributed by atoms with Gasteiger partial charge in [-0.1, -0.05) is 60.7 Å². The molecule has 0 unspecified atom stereocenters. The fourth-order valence-electron chi connectivity index (χ4n) is 4.77. The lowest BCUT2D eigenvalue weighted by atomic mass is 9.82.